The van der Waals surface area contributed by atoms with Gasteiger partial charge in [0.1, 0.15) is 0 Å². The first-order valence-corrected chi connectivity index (χ1v) is 11.8. The fourth-order valence-corrected chi connectivity index (χ4v) is 4.15. The SMILES string of the molecule is CCCc1nc(-c2ccc(C(C)N)cc2)n(Cc2ccc(-c3ccccc3-c3nn[nH]n3)cc2)n1. The molecule has 176 valence electrons. The van der Waals surface area contributed by atoms with Crippen molar-refractivity contribution in [2.75, 3.05) is 0 Å². The molecule has 0 saturated carbocycles. The van der Waals surface area contributed by atoms with Gasteiger partial charge in [-0.3, -0.25) is 0 Å². The number of benzene rings is 3. The van der Waals surface area contributed by atoms with Crippen LogP contribution in [0.4, 0.5) is 0 Å². The molecule has 0 saturated heterocycles. The van der Waals surface area contributed by atoms with Crippen LogP contribution in [0.2, 0.25) is 0 Å². The van der Waals surface area contributed by atoms with Crippen molar-refractivity contribution in [2.45, 2.75) is 39.3 Å². The van der Waals surface area contributed by atoms with Crippen LogP contribution >= 0.6 is 0 Å². The zero-order chi connectivity index (χ0) is 24.2. The van der Waals surface area contributed by atoms with Crippen molar-refractivity contribution in [2.24, 2.45) is 5.73 Å². The summed E-state index contributed by atoms with van der Waals surface area (Å²) in [5.74, 6) is 2.32. The molecule has 8 nitrogen and oxygen atoms in total. The van der Waals surface area contributed by atoms with Gasteiger partial charge in [-0.25, -0.2) is 9.67 Å². The number of tetrazole rings is 1. The highest BCUT2D eigenvalue weighted by Gasteiger charge is 2.14. The summed E-state index contributed by atoms with van der Waals surface area (Å²) in [6.07, 6.45) is 1.85. The minimum atomic E-state index is 0.00119. The van der Waals surface area contributed by atoms with Gasteiger partial charge in [-0.15, -0.1) is 10.2 Å². The molecule has 0 spiro atoms. The summed E-state index contributed by atoms with van der Waals surface area (Å²) in [6, 6.07) is 24.8. The van der Waals surface area contributed by atoms with E-state index < -0.39 is 0 Å². The molecule has 5 aromatic rings. The van der Waals surface area contributed by atoms with Crippen LogP contribution in [0.25, 0.3) is 33.9 Å². The van der Waals surface area contributed by atoms with Gasteiger partial charge in [0.05, 0.1) is 6.54 Å². The van der Waals surface area contributed by atoms with Gasteiger partial charge >= 0.3 is 0 Å². The molecule has 35 heavy (non-hydrogen) atoms. The van der Waals surface area contributed by atoms with E-state index in [9.17, 15) is 0 Å². The number of nitrogens with two attached hydrogens (primary N) is 1. The zero-order valence-electron chi connectivity index (χ0n) is 19.9. The number of hydrogen-bond acceptors (Lipinski definition) is 6. The molecule has 3 N–H and O–H groups in total. The third-order valence-electron chi connectivity index (χ3n) is 5.99. The van der Waals surface area contributed by atoms with Crippen molar-refractivity contribution in [3.63, 3.8) is 0 Å². The van der Waals surface area contributed by atoms with E-state index in [0.29, 0.717) is 12.4 Å². The lowest BCUT2D eigenvalue weighted by molar-refractivity contribution is 0.674. The molecule has 0 radical (unpaired) electrons. The van der Waals surface area contributed by atoms with E-state index in [1.54, 1.807) is 0 Å². The monoisotopic (exact) mass is 464 g/mol. The number of aromatic nitrogens is 7. The van der Waals surface area contributed by atoms with Gasteiger partial charge < -0.3 is 5.73 Å². The second-order valence-corrected chi connectivity index (χ2v) is 8.65. The first-order chi connectivity index (χ1) is 17.1. The summed E-state index contributed by atoms with van der Waals surface area (Å²) in [7, 11) is 0. The van der Waals surface area contributed by atoms with Gasteiger partial charge in [-0.2, -0.15) is 10.3 Å². The average Bonchev–Trinajstić information content (AvgIpc) is 3.55. The second-order valence-electron chi connectivity index (χ2n) is 8.65. The molecule has 1 atom stereocenters. The smallest absolute Gasteiger partial charge is 0.205 e. The van der Waals surface area contributed by atoms with E-state index in [2.05, 4.69) is 82.1 Å². The highest BCUT2D eigenvalue weighted by atomic mass is 15.5. The molecule has 8 heteroatoms. The largest absolute Gasteiger partial charge is 0.324 e. The van der Waals surface area contributed by atoms with Crippen LogP contribution in [0.15, 0.2) is 72.8 Å². The van der Waals surface area contributed by atoms with Gasteiger partial charge in [-0.05, 0) is 40.8 Å². The van der Waals surface area contributed by atoms with Gasteiger partial charge in [-0.1, -0.05) is 79.7 Å². The maximum absolute atomic E-state index is 6.02. The number of aryl methyl sites for hydroxylation is 1. The van der Waals surface area contributed by atoms with E-state index in [4.69, 9.17) is 15.8 Å². The molecule has 0 bridgehead atoms. The van der Waals surface area contributed by atoms with E-state index >= 15 is 0 Å². The first kappa shape index (κ1) is 22.6. The van der Waals surface area contributed by atoms with Crippen molar-refractivity contribution >= 4 is 0 Å². The van der Waals surface area contributed by atoms with Crippen LogP contribution in [0, 0.1) is 0 Å². The Balaban J connectivity index is 1.43. The van der Waals surface area contributed by atoms with E-state index in [0.717, 1.165) is 57.9 Å². The number of H-pyrrole nitrogens is 1. The van der Waals surface area contributed by atoms with Crippen molar-refractivity contribution in [1.82, 2.24) is 35.4 Å². The maximum atomic E-state index is 6.02. The van der Waals surface area contributed by atoms with Crippen LogP contribution in [0.5, 0.6) is 0 Å². The standard InChI is InChI=1S/C27H28N8/c1-3-6-25-29-27(22-15-13-20(14-16-22)18(2)28)35(32-25)17-19-9-11-21(12-10-19)23-7-4-5-8-24(23)26-30-33-34-31-26/h4-5,7-16,18H,3,6,17,28H2,1-2H3,(H,30,31,33,34). The average molecular weight is 465 g/mol. The second kappa shape index (κ2) is 9.99. The molecular formula is C27H28N8. The van der Waals surface area contributed by atoms with Gasteiger partial charge in [0.15, 0.2) is 11.6 Å². The van der Waals surface area contributed by atoms with Gasteiger partial charge in [0, 0.05) is 23.6 Å². The Morgan fingerprint density at radius 2 is 1.63 bits per heavy atom. The summed E-state index contributed by atoms with van der Waals surface area (Å²) in [5.41, 5.74) is 12.4. The Morgan fingerprint density at radius 1 is 0.914 bits per heavy atom. The molecule has 0 aliphatic rings. The fraction of sp³-hybridized carbons (Fsp3) is 0.222. The number of hydrogen-bond donors (Lipinski definition) is 2. The van der Waals surface area contributed by atoms with E-state index in [1.165, 1.54) is 0 Å². The third kappa shape index (κ3) is 4.88. The Bertz CT molecular complexity index is 1380. The molecule has 0 fully saturated rings. The molecule has 1 unspecified atom stereocenters. The number of nitrogens with one attached hydrogen (secondary N) is 1. The van der Waals surface area contributed by atoms with Crippen LogP contribution in [-0.2, 0) is 13.0 Å². The topological polar surface area (TPSA) is 111 Å². The lowest BCUT2D eigenvalue weighted by Gasteiger charge is -2.10. The zero-order valence-corrected chi connectivity index (χ0v) is 19.9. The number of aromatic amines is 1. The number of nitrogens with zero attached hydrogens (tertiary/aromatic N) is 6. The molecule has 0 aliphatic carbocycles. The molecule has 0 aliphatic heterocycles. The summed E-state index contributed by atoms with van der Waals surface area (Å²) in [5, 5.41) is 19.3. The lowest BCUT2D eigenvalue weighted by atomic mass is 9.98. The molecular weight excluding hydrogens is 436 g/mol. The van der Waals surface area contributed by atoms with Gasteiger partial charge in [0.25, 0.3) is 0 Å². The minimum Gasteiger partial charge on any atom is -0.324 e. The summed E-state index contributed by atoms with van der Waals surface area (Å²) < 4.78 is 1.99. The van der Waals surface area contributed by atoms with Crippen LogP contribution in [0.1, 0.15) is 43.3 Å². The maximum Gasteiger partial charge on any atom is 0.205 e. The third-order valence-corrected chi connectivity index (χ3v) is 5.99. The fourth-order valence-electron chi connectivity index (χ4n) is 4.15. The molecule has 2 heterocycles. The van der Waals surface area contributed by atoms with Crippen molar-refractivity contribution in [3.8, 4) is 33.9 Å². The van der Waals surface area contributed by atoms with Crippen molar-refractivity contribution in [1.29, 1.82) is 0 Å². The predicted octanol–water partition coefficient (Wildman–Crippen LogP) is 4.81. The van der Waals surface area contributed by atoms with Crippen molar-refractivity contribution < 1.29 is 0 Å². The quantitative estimate of drug-likeness (QED) is 0.341. The van der Waals surface area contributed by atoms with Gasteiger partial charge in [0.2, 0.25) is 5.82 Å². The Kier molecular flexibility index (Phi) is 6.45. The van der Waals surface area contributed by atoms with E-state index in [-0.39, 0.29) is 6.04 Å². The molecule has 2 aromatic heterocycles. The highest BCUT2D eigenvalue weighted by Crippen LogP contribution is 2.30. The number of rotatable bonds is 8. The summed E-state index contributed by atoms with van der Waals surface area (Å²) in [4.78, 5) is 4.84. The van der Waals surface area contributed by atoms with Crippen LogP contribution < -0.4 is 5.73 Å². The minimum absolute atomic E-state index is 0.00119. The Labute approximate surface area is 204 Å². The lowest BCUT2D eigenvalue weighted by Crippen LogP contribution is -2.06. The molecule has 5 rings (SSSR count). The Morgan fingerprint density at radius 3 is 2.29 bits per heavy atom. The van der Waals surface area contributed by atoms with Crippen LogP contribution in [-0.4, -0.2) is 35.4 Å². The summed E-state index contributed by atoms with van der Waals surface area (Å²) in [6.45, 7) is 4.76. The predicted molar refractivity (Wildman–Crippen MR) is 136 cm³/mol. The first-order valence-electron chi connectivity index (χ1n) is 11.8. The van der Waals surface area contributed by atoms with E-state index in [1.807, 2.05) is 29.8 Å². The van der Waals surface area contributed by atoms with Crippen molar-refractivity contribution in [3.05, 3.63) is 89.7 Å². The Hall–Kier alpha value is -4.17. The molecule has 0 amide bonds. The summed E-state index contributed by atoms with van der Waals surface area (Å²) >= 11 is 0. The normalized spacial score (nSPS) is 12.1. The highest BCUT2D eigenvalue weighted by molar-refractivity contribution is 5.80. The van der Waals surface area contributed by atoms with Crippen LogP contribution in [0.3, 0.4) is 0 Å². The molecule has 3 aromatic carbocycles.